The summed E-state index contributed by atoms with van der Waals surface area (Å²) in [5.74, 6) is 0.0200. The molecule has 1 aromatic heterocycles. The highest BCUT2D eigenvalue weighted by atomic mass is 16.5. The van der Waals surface area contributed by atoms with Crippen molar-refractivity contribution in [3.8, 4) is 0 Å². The highest BCUT2D eigenvalue weighted by molar-refractivity contribution is 5.97. The number of esters is 1. The normalized spacial score (nSPS) is 11.1. The van der Waals surface area contributed by atoms with E-state index in [-0.39, 0.29) is 11.8 Å². The van der Waals surface area contributed by atoms with Gasteiger partial charge in [-0.2, -0.15) is 0 Å². The van der Waals surface area contributed by atoms with Crippen LogP contribution in [0, 0.1) is 6.92 Å². The van der Waals surface area contributed by atoms with Crippen LogP contribution in [0.4, 0.5) is 0 Å². The van der Waals surface area contributed by atoms with Gasteiger partial charge in [-0.15, -0.1) is 0 Å². The van der Waals surface area contributed by atoms with Gasteiger partial charge < -0.3 is 9.30 Å². The summed E-state index contributed by atoms with van der Waals surface area (Å²) in [5, 5.41) is 0. The molecule has 0 aliphatic carbocycles. The van der Waals surface area contributed by atoms with Crippen molar-refractivity contribution in [3.05, 3.63) is 23.0 Å². The number of rotatable bonds is 20. The Hall–Kier alpha value is -1.58. The Morgan fingerprint density at radius 2 is 1.25 bits per heavy atom. The Labute approximate surface area is 197 Å². The highest BCUT2D eigenvalue weighted by Crippen LogP contribution is 2.19. The second-order valence-electron chi connectivity index (χ2n) is 9.39. The van der Waals surface area contributed by atoms with E-state index < -0.39 is 0 Å². The minimum Gasteiger partial charge on any atom is -0.469 e. The van der Waals surface area contributed by atoms with E-state index >= 15 is 0 Å². The van der Waals surface area contributed by atoms with E-state index in [0.717, 1.165) is 29.8 Å². The van der Waals surface area contributed by atoms with Gasteiger partial charge in [0.25, 0.3) is 0 Å². The van der Waals surface area contributed by atoms with Crippen molar-refractivity contribution in [2.24, 2.45) is 7.05 Å². The quantitative estimate of drug-likeness (QED) is 0.116. The first-order chi connectivity index (χ1) is 15.5. The molecule has 0 aliphatic heterocycles. The number of carbonyl (C=O) groups excluding carboxylic acids is 2. The molecular weight excluding hydrogens is 398 g/mol. The number of aryl methyl sites for hydroxylation is 1. The summed E-state index contributed by atoms with van der Waals surface area (Å²) in [6.45, 7) is 4.26. The molecule has 4 nitrogen and oxygen atoms in total. The van der Waals surface area contributed by atoms with Gasteiger partial charge in [0.15, 0.2) is 5.78 Å². The summed E-state index contributed by atoms with van der Waals surface area (Å²) in [4.78, 5) is 24.0. The van der Waals surface area contributed by atoms with Gasteiger partial charge in [0.2, 0.25) is 0 Å². The zero-order valence-electron chi connectivity index (χ0n) is 21.5. The van der Waals surface area contributed by atoms with Crippen molar-refractivity contribution in [2.45, 2.75) is 129 Å². The van der Waals surface area contributed by atoms with Gasteiger partial charge in [-0.3, -0.25) is 9.59 Å². The molecule has 0 bridgehead atoms. The van der Waals surface area contributed by atoms with Crippen molar-refractivity contribution in [3.63, 3.8) is 0 Å². The number of hydrogen-bond acceptors (Lipinski definition) is 3. The van der Waals surface area contributed by atoms with Gasteiger partial charge in [0, 0.05) is 30.4 Å². The number of ketones is 1. The molecule has 0 saturated heterocycles. The summed E-state index contributed by atoms with van der Waals surface area (Å²) < 4.78 is 6.75. The third-order valence-electron chi connectivity index (χ3n) is 6.76. The highest BCUT2D eigenvalue weighted by Gasteiger charge is 2.16. The molecule has 0 radical (unpaired) electrons. The Bertz CT molecular complexity index is 647. The van der Waals surface area contributed by atoms with E-state index in [1.807, 2.05) is 24.6 Å². The topological polar surface area (TPSA) is 48.3 Å². The van der Waals surface area contributed by atoms with Crippen LogP contribution in [0.5, 0.6) is 0 Å². The van der Waals surface area contributed by atoms with Crippen molar-refractivity contribution in [1.29, 1.82) is 0 Å². The third-order valence-corrected chi connectivity index (χ3v) is 6.76. The SMILES string of the molecule is CCCCCCCCCCCCCCCCCC(=O)c1cc(CCC(=O)OC)n(C)c1C. The summed E-state index contributed by atoms with van der Waals surface area (Å²) in [6.07, 6.45) is 21.6. The minimum atomic E-state index is -0.213. The smallest absolute Gasteiger partial charge is 0.305 e. The number of unbranched alkanes of at least 4 members (excludes halogenated alkanes) is 14. The molecule has 0 N–H and O–H groups in total. The van der Waals surface area contributed by atoms with Gasteiger partial charge in [-0.05, 0) is 25.8 Å². The number of ether oxygens (including phenoxy) is 1. The van der Waals surface area contributed by atoms with Gasteiger partial charge >= 0.3 is 5.97 Å². The molecule has 0 unspecified atom stereocenters. The summed E-state index contributed by atoms with van der Waals surface area (Å²) in [6, 6.07) is 1.96. The van der Waals surface area contributed by atoms with E-state index in [1.165, 1.54) is 90.6 Å². The summed E-state index contributed by atoms with van der Waals surface area (Å²) in [7, 11) is 3.37. The van der Waals surface area contributed by atoms with Crippen molar-refractivity contribution < 1.29 is 14.3 Å². The monoisotopic (exact) mass is 447 g/mol. The molecule has 0 aromatic carbocycles. The molecule has 0 saturated carbocycles. The molecule has 0 amide bonds. The molecule has 184 valence electrons. The van der Waals surface area contributed by atoms with Crippen LogP contribution in [0.1, 0.15) is 138 Å². The fourth-order valence-corrected chi connectivity index (χ4v) is 4.41. The zero-order chi connectivity index (χ0) is 23.6. The summed E-state index contributed by atoms with van der Waals surface area (Å²) >= 11 is 0. The number of methoxy groups -OCH3 is 1. The first-order valence-electron chi connectivity index (χ1n) is 13.3. The van der Waals surface area contributed by atoms with Crippen LogP contribution in [0.15, 0.2) is 6.07 Å². The van der Waals surface area contributed by atoms with Gasteiger partial charge in [-0.1, -0.05) is 96.8 Å². The van der Waals surface area contributed by atoms with Crippen molar-refractivity contribution in [2.75, 3.05) is 7.11 Å². The fourth-order valence-electron chi connectivity index (χ4n) is 4.41. The van der Waals surface area contributed by atoms with Gasteiger partial charge in [-0.25, -0.2) is 0 Å². The molecule has 0 fully saturated rings. The molecule has 32 heavy (non-hydrogen) atoms. The maximum Gasteiger partial charge on any atom is 0.305 e. The second kappa shape index (κ2) is 17.9. The molecule has 0 aliphatic rings. The van der Waals surface area contributed by atoms with Crippen LogP contribution in [0.3, 0.4) is 0 Å². The number of carbonyl (C=O) groups is 2. The van der Waals surface area contributed by atoms with Crippen molar-refractivity contribution in [1.82, 2.24) is 4.57 Å². The molecule has 1 aromatic rings. The Balaban J connectivity index is 2.06. The third kappa shape index (κ3) is 11.9. The average Bonchev–Trinajstić information content (AvgIpc) is 3.08. The van der Waals surface area contributed by atoms with Crippen LogP contribution >= 0.6 is 0 Å². The lowest BCUT2D eigenvalue weighted by Crippen LogP contribution is -2.05. The first kappa shape index (κ1) is 28.5. The van der Waals surface area contributed by atoms with Gasteiger partial charge in [0.1, 0.15) is 0 Å². The molecule has 4 heteroatoms. The standard InChI is InChI=1S/C28H49NO3/c1-5-6-7-8-9-10-11-12-13-14-15-16-17-18-19-20-27(30)26-23-25(29(3)24(26)2)21-22-28(31)32-4/h23H,5-22H2,1-4H3. The Morgan fingerprint density at radius 1 is 0.781 bits per heavy atom. The van der Waals surface area contributed by atoms with E-state index in [9.17, 15) is 9.59 Å². The molecule has 1 rings (SSSR count). The second-order valence-corrected chi connectivity index (χ2v) is 9.39. The minimum absolute atomic E-state index is 0.213. The van der Waals surface area contributed by atoms with Gasteiger partial charge in [0.05, 0.1) is 13.5 Å². The Kier molecular flexibility index (Phi) is 15.9. The van der Waals surface area contributed by atoms with E-state index in [1.54, 1.807) is 0 Å². The maximum atomic E-state index is 12.7. The molecule has 1 heterocycles. The van der Waals surface area contributed by atoms with E-state index in [4.69, 9.17) is 4.74 Å². The van der Waals surface area contributed by atoms with Crippen LogP contribution in [0.2, 0.25) is 0 Å². The largest absolute Gasteiger partial charge is 0.469 e. The molecular formula is C28H49NO3. The number of Topliss-reactive ketones (excluding diaryl/α,β-unsaturated/α-hetero) is 1. The number of aromatic nitrogens is 1. The van der Waals surface area contributed by atoms with E-state index in [0.29, 0.717) is 19.3 Å². The lowest BCUT2D eigenvalue weighted by atomic mass is 10.0. The molecule has 0 spiro atoms. The van der Waals surface area contributed by atoms with Crippen LogP contribution in [-0.2, 0) is 23.0 Å². The lowest BCUT2D eigenvalue weighted by Gasteiger charge is -2.05. The Morgan fingerprint density at radius 3 is 1.72 bits per heavy atom. The molecule has 0 atom stereocenters. The zero-order valence-corrected chi connectivity index (χ0v) is 21.5. The maximum absolute atomic E-state index is 12.7. The lowest BCUT2D eigenvalue weighted by molar-refractivity contribution is -0.140. The predicted molar refractivity (Wildman–Crippen MR) is 134 cm³/mol. The van der Waals surface area contributed by atoms with Crippen LogP contribution in [0.25, 0.3) is 0 Å². The first-order valence-corrected chi connectivity index (χ1v) is 13.3. The van der Waals surface area contributed by atoms with Crippen LogP contribution < -0.4 is 0 Å². The van der Waals surface area contributed by atoms with E-state index in [2.05, 4.69) is 6.92 Å². The van der Waals surface area contributed by atoms with Crippen molar-refractivity contribution >= 4 is 11.8 Å². The average molecular weight is 448 g/mol. The number of hydrogen-bond donors (Lipinski definition) is 0. The fraction of sp³-hybridized carbons (Fsp3) is 0.786. The number of nitrogens with zero attached hydrogens (tertiary/aromatic N) is 1. The predicted octanol–water partition coefficient (Wildman–Crippen LogP) is 7.88. The van der Waals surface area contributed by atoms with Crippen LogP contribution in [-0.4, -0.2) is 23.4 Å². The summed E-state index contributed by atoms with van der Waals surface area (Å²) in [5.41, 5.74) is 2.83.